The van der Waals surface area contributed by atoms with Crippen molar-refractivity contribution in [1.82, 2.24) is 5.32 Å². The quantitative estimate of drug-likeness (QED) is 0.337. The first kappa shape index (κ1) is 12.9. The maximum Gasteiger partial charge on any atom is 0.478 e. The number of hydrogen-bond donors (Lipinski definition) is 2. The van der Waals surface area contributed by atoms with E-state index in [0.717, 1.165) is 6.92 Å². The zero-order valence-electron chi connectivity index (χ0n) is 9.12. The average molecular weight is 240 g/mol. The summed E-state index contributed by atoms with van der Waals surface area (Å²) in [4.78, 5) is 18.8. The van der Waals surface area contributed by atoms with Crippen LogP contribution in [-0.2, 0) is 4.79 Å². The van der Waals surface area contributed by atoms with Crippen LogP contribution in [0, 0.1) is 10.1 Å². The first-order valence-corrected chi connectivity index (χ1v) is 4.79. The van der Waals surface area contributed by atoms with Crippen molar-refractivity contribution in [2.75, 3.05) is 6.54 Å². The van der Waals surface area contributed by atoms with Crippen LogP contribution in [0.2, 0.25) is 0 Å². The summed E-state index contributed by atoms with van der Waals surface area (Å²) in [7, 11) is 0. The standard InChI is InChI=1S/C8H9NO4.C2H3NO/c1-8(10,9(11)12)13-7-5-3-2-4-6-7;4-2-1-3-2/h2-6,10H,1H3;1H2,(H,3,4). The average Bonchev–Trinajstić information content (AvgIpc) is 3.02. The SMILES string of the molecule is CC(O)(Oc1ccccc1)[N+](=O)[O-].O=C1CN1. The van der Waals surface area contributed by atoms with Gasteiger partial charge in [-0.15, -0.1) is 0 Å². The molecular weight excluding hydrogens is 228 g/mol. The van der Waals surface area contributed by atoms with Crippen LogP contribution in [0.4, 0.5) is 0 Å². The van der Waals surface area contributed by atoms with E-state index in [9.17, 15) is 14.9 Å². The van der Waals surface area contributed by atoms with E-state index in [-0.39, 0.29) is 11.7 Å². The number of carbonyl (C=O) groups excluding carboxylic acids is 1. The Balaban J connectivity index is 0.000000302. The summed E-state index contributed by atoms with van der Waals surface area (Å²) in [6.45, 7) is 1.57. The number of benzene rings is 1. The normalized spacial score (nSPS) is 15.8. The number of para-hydroxylation sites is 1. The molecule has 7 nitrogen and oxygen atoms in total. The fourth-order valence-electron chi connectivity index (χ4n) is 0.785. The fraction of sp³-hybridized carbons (Fsp3) is 0.300. The number of nitro groups is 1. The van der Waals surface area contributed by atoms with E-state index >= 15 is 0 Å². The molecule has 2 rings (SSSR count). The predicted octanol–water partition coefficient (Wildman–Crippen LogP) is 0.124. The lowest BCUT2D eigenvalue weighted by Gasteiger charge is -2.14. The molecule has 0 radical (unpaired) electrons. The number of hydrogen-bond acceptors (Lipinski definition) is 5. The Labute approximate surface area is 97.2 Å². The molecule has 1 saturated heterocycles. The Morgan fingerprint density at radius 1 is 1.47 bits per heavy atom. The van der Waals surface area contributed by atoms with Crippen LogP contribution >= 0.6 is 0 Å². The Morgan fingerprint density at radius 3 is 2.29 bits per heavy atom. The molecule has 17 heavy (non-hydrogen) atoms. The van der Waals surface area contributed by atoms with Gasteiger partial charge in [-0.25, -0.2) is 0 Å². The summed E-state index contributed by atoms with van der Waals surface area (Å²) in [5.74, 6) is -1.95. The highest BCUT2D eigenvalue weighted by Gasteiger charge is 2.36. The summed E-state index contributed by atoms with van der Waals surface area (Å²) in [5, 5.41) is 21.8. The van der Waals surface area contributed by atoms with Gasteiger partial charge >= 0.3 is 5.91 Å². The van der Waals surface area contributed by atoms with E-state index in [4.69, 9.17) is 9.84 Å². The van der Waals surface area contributed by atoms with Crippen LogP contribution in [0.5, 0.6) is 5.75 Å². The number of aliphatic hydroxyl groups is 1. The molecule has 1 aliphatic rings. The minimum absolute atomic E-state index is 0.167. The molecular formula is C10H12N2O5. The predicted molar refractivity (Wildman–Crippen MR) is 57.7 cm³/mol. The molecule has 0 spiro atoms. The van der Waals surface area contributed by atoms with E-state index in [2.05, 4.69) is 5.32 Å². The zero-order chi connectivity index (χ0) is 12.9. The van der Waals surface area contributed by atoms with Gasteiger partial charge in [0.15, 0.2) is 0 Å². The first-order chi connectivity index (χ1) is 7.92. The summed E-state index contributed by atoms with van der Waals surface area (Å²) in [6, 6.07) is 8.11. The monoisotopic (exact) mass is 240 g/mol. The van der Waals surface area contributed by atoms with Gasteiger partial charge in [0, 0.05) is 0 Å². The minimum atomic E-state index is -2.37. The molecule has 0 aromatic heterocycles. The Kier molecular flexibility index (Phi) is 4.00. The molecule has 1 aliphatic heterocycles. The van der Waals surface area contributed by atoms with E-state index in [1.807, 2.05) is 0 Å². The number of nitrogens with zero attached hydrogens (tertiary/aromatic N) is 1. The molecule has 0 aliphatic carbocycles. The van der Waals surface area contributed by atoms with E-state index in [0.29, 0.717) is 6.54 Å². The van der Waals surface area contributed by atoms with Gasteiger partial charge in [0.2, 0.25) is 5.91 Å². The molecule has 7 heteroatoms. The van der Waals surface area contributed by atoms with Crippen molar-refractivity contribution in [1.29, 1.82) is 0 Å². The van der Waals surface area contributed by atoms with Gasteiger partial charge in [0.1, 0.15) is 5.75 Å². The summed E-state index contributed by atoms with van der Waals surface area (Å²) in [5.41, 5.74) is 0. The van der Waals surface area contributed by atoms with Crippen molar-refractivity contribution >= 4 is 5.91 Å². The number of carbonyl (C=O) groups is 1. The molecule has 1 aromatic carbocycles. The van der Waals surface area contributed by atoms with Gasteiger partial charge in [-0.2, -0.15) is 0 Å². The molecule has 1 amide bonds. The van der Waals surface area contributed by atoms with Crippen LogP contribution < -0.4 is 10.1 Å². The summed E-state index contributed by atoms with van der Waals surface area (Å²) in [6.07, 6.45) is 0. The summed E-state index contributed by atoms with van der Waals surface area (Å²) < 4.78 is 4.72. The highest BCUT2D eigenvalue weighted by Crippen LogP contribution is 2.15. The maximum atomic E-state index is 10.3. The van der Waals surface area contributed by atoms with Crippen molar-refractivity contribution in [2.45, 2.75) is 12.8 Å². The number of nitrogens with one attached hydrogen (secondary N) is 1. The number of rotatable bonds is 3. The smallest absolute Gasteiger partial charge is 0.406 e. The second kappa shape index (κ2) is 5.26. The zero-order valence-corrected chi connectivity index (χ0v) is 9.12. The van der Waals surface area contributed by atoms with Gasteiger partial charge in [-0.05, 0) is 12.1 Å². The fourth-order valence-corrected chi connectivity index (χ4v) is 0.785. The van der Waals surface area contributed by atoms with Crippen LogP contribution in [0.15, 0.2) is 30.3 Å². The van der Waals surface area contributed by atoms with Crippen molar-refractivity contribution in [3.8, 4) is 5.75 Å². The molecule has 0 saturated carbocycles. The topological polar surface area (TPSA) is 112 Å². The van der Waals surface area contributed by atoms with Crippen molar-refractivity contribution in [3.63, 3.8) is 0 Å². The van der Waals surface area contributed by atoms with Crippen LogP contribution in [0.1, 0.15) is 6.92 Å². The third-order valence-electron chi connectivity index (χ3n) is 1.71. The van der Waals surface area contributed by atoms with Gasteiger partial charge in [-0.1, -0.05) is 18.2 Å². The van der Waals surface area contributed by atoms with E-state index < -0.39 is 10.8 Å². The van der Waals surface area contributed by atoms with Crippen molar-refractivity contribution < 1.29 is 19.6 Å². The Bertz CT molecular complexity index is 398. The van der Waals surface area contributed by atoms with Gasteiger partial charge < -0.3 is 10.1 Å². The van der Waals surface area contributed by atoms with Gasteiger partial charge in [0.05, 0.1) is 18.4 Å². The van der Waals surface area contributed by atoms with Gasteiger partial charge in [-0.3, -0.25) is 20.0 Å². The number of amides is 1. The molecule has 2 N–H and O–H groups in total. The molecule has 1 unspecified atom stereocenters. The molecule has 1 heterocycles. The van der Waals surface area contributed by atoms with Gasteiger partial charge in [0.25, 0.3) is 0 Å². The minimum Gasteiger partial charge on any atom is -0.406 e. The molecule has 1 fully saturated rings. The molecule has 0 bridgehead atoms. The molecule has 1 aromatic rings. The highest BCUT2D eigenvalue weighted by molar-refractivity contribution is 5.91. The van der Waals surface area contributed by atoms with Crippen LogP contribution in [0.3, 0.4) is 0 Å². The molecule has 1 atom stereocenters. The van der Waals surface area contributed by atoms with Crippen molar-refractivity contribution in [2.24, 2.45) is 0 Å². The van der Waals surface area contributed by atoms with E-state index in [1.165, 1.54) is 12.1 Å². The molecule has 92 valence electrons. The Morgan fingerprint density at radius 2 is 1.94 bits per heavy atom. The van der Waals surface area contributed by atoms with E-state index in [1.54, 1.807) is 18.2 Å². The third-order valence-corrected chi connectivity index (χ3v) is 1.71. The first-order valence-electron chi connectivity index (χ1n) is 4.79. The number of ether oxygens (including phenoxy) is 1. The van der Waals surface area contributed by atoms with Crippen molar-refractivity contribution in [3.05, 3.63) is 40.4 Å². The van der Waals surface area contributed by atoms with Crippen LogP contribution in [0.25, 0.3) is 0 Å². The maximum absolute atomic E-state index is 10.3. The Hall–Kier alpha value is -2.15. The lowest BCUT2D eigenvalue weighted by molar-refractivity contribution is -0.668. The summed E-state index contributed by atoms with van der Waals surface area (Å²) >= 11 is 0. The second-order valence-electron chi connectivity index (χ2n) is 3.38. The third kappa shape index (κ3) is 4.94. The second-order valence-corrected chi connectivity index (χ2v) is 3.38. The largest absolute Gasteiger partial charge is 0.478 e. The highest BCUT2D eigenvalue weighted by atomic mass is 16.8. The lowest BCUT2D eigenvalue weighted by atomic mass is 10.3. The van der Waals surface area contributed by atoms with Crippen LogP contribution in [-0.4, -0.2) is 28.4 Å². The lowest BCUT2D eigenvalue weighted by Crippen LogP contribution is -2.40.